The van der Waals surface area contributed by atoms with Gasteiger partial charge in [-0.1, -0.05) is 22.6 Å². The first-order valence-electron chi connectivity index (χ1n) is 4.78. The highest BCUT2D eigenvalue weighted by atomic mass is 127. The van der Waals surface area contributed by atoms with E-state index in [0.29, 0.717) is 44.0 Å². The molecule has 0 rings (SSSR count). The van der Waals surface area contributed by atoms with Crippen molar-refractivity contribution in [1.29, 1.82) is 0 Å². The van der Waals surface area contributed by atoms with Gasteiger partial charge in [0.15, 0.2) is 0 Å². The first-order chi connectivity index (χ1) is 7.31. The molecule has 0 aromatic heterocycles. The van der Waals surface area contributed by atoms with Crippen LogP contribution in [0.1, 0.15) is 0 Å². The fourth-order valence-corrected chi connectivity index (χ4v) is 1.04. The van der Waals surface area contributed by atoms with Crippen molar-refractivity contribution in [3.8, 4) is 0 Å². The molecule has 0 saturated carbocycles. The summed E-state index contributed by atoms with van der Waals surface area (Å²) in [5, 5.41) is 2.71. The first kappa shape index (κ1) is 15.1. The van der Waals surface area contributed by atoms with Crippen LogP contribution in [0.2, 0.25) is 0 Å². The van der Waals surface area contributed by atoms with Gasteiger partial charge >= 0.3 is 0 Å². The Balaban J connectivity index is 2.95. The molecule has 0 aliphatic carbocycles. The number of nitrogens with one attached hydrogen (secondary N) is 1. The van der Waals surface area contributed by atoms with E-state index in [0.717, 1.165) is 0 Å². The molecule has 0 heterocycles. The summed E-state index contributed by atoms with van der Waals surface area (Å²) in [7, 11) is 1.63. The number of hydrogen-bond donors (Lipinski definition) is 1. The fourth-order valence-electron chi connectivity index (χ4n) is 0.774. The molecule has 0 aliphatic rings. The van der Waals surface area contributed by atoms with Crippen molar-refractivity contribution >= 4 is 28.5 Å². The molecule has 0 radical (unpaired) electrons. The molecule has 90 valence electrons. The van der Waals surface area contributed by atoms with Crippen LogP contribution in [0.3, 0.4) is 0 Å². The molecule has 5 nitrogen and oxygen atoms in total. The molecule has 0 bridgehead atoms. The Bertz CT molecular complexity index is 157. The maximum Gasteiger partial charge on any atom is 0.229 e. The Kier molecular flexibility index (Phi) is 12.2. The number of alkyl halides is 1. The monoisotopic (exact) mass is 331 g/mol. The van der Waals surface area contributed by atoms with Crippen molar-refractivity contribution in [3.05, 3.63) is 0 Å². The number of rotatable bonds is 10. The van der Waals surface area contributed by atoms with Crippen LogP contribution in [0.15, 0.2) is 0 Å². The number of carbonyl (C=O) groups is 1. The summed E-state index contributed by atoms with van der Waals surface area (Å²) in [4.78, 5) is 10.8. The molecule has 0 atom stereocenters. The summed E-state index contributed by atoms with van der Waals surface area (Å²) in [5.41, 5.74) is 0. The van der Waals surface area contributed by atoms with Crippen LogP contribution in [-0.4, -0.2) is 57.0 Å². The van der Waals surface area contributed by atoms with Gasteiger partial charge in [0, 0.05) is 13.7 Å². The van der Waals surface area contributed by atoms with Crippen molar-refractivity contribution in [2.75, 3.05) is 51.1 Å². The molecule has 0 aromatic carbocycles. The summed E-state index contributed by atoms with van der Waals surface area (Å²) in [5.74, 6) is 0.0375. The van der Waals surface area contributed by atoms with Gasteiger partial charge in [0.05, 0.1) is 37.5 Å². The standard InChI is InChI=1S/C9H18INO4/c1-13-4-5-15-7-6-14-3-2-11-9(12)8-10/h2-8H2,1H3,(H,11,12). The molecule has 1 amide bonds. The Morgan fingerprint density at radius 2 is 1.73 bits per heavy atom. The zero-order chi connectivity index (χ0) is 11.4. The van der Waals surface area contributed by atoms with Gasteiger partial charge in [-0.3, -0.25) is 4.79 Å². The average molecular weight is 331 g/mol. The SMILES string of the molecule is COCCOCCOCCNC(=O)CI. The maximum atomic E-state index is 10.8. The zero-order valence-corrected chi connectivity index (χ0v) is 11.1. The molecular weight excluding hydrogens is 313 g/mol. The van der Waals surface area contributed by atoms with E-state index in [1.165, 1.54) is 0 Å². The Labute approximate surface area is 104 Å². The van der Waals surface area contributed by atoms with Gasteiger partial charge in [-0.05, 0) is 0 Å². The second-order valence-electron chi connectivity index (χ2n) is 2.70. The van der Waals surface area contributed by atoms with Crippen molar-refractivity contribution in [1.82, 2.24) is 5.32 Å². The summed E-state index contributed by atoms with van der Waals surface area (Å²) in [6, 6.07) is 0. The van der Waals surface area contributed by atoms with Crippen LogP contribution in [0.5, 0.6) is 0 Å². The van der Waals surface area contributed by atoms with E-state index in [1.807, 2.05) is 22.6 Å². The van der Waals surface area contributed by atoms with Gasteiger partial charge in [-0.2, -0.15) is 0 Å². The van der Waals surface area contributed by atoms with Crippen molar-refractivity contribution in [2.24, 2.45) is 0 Å². The maximum absolute atomic E-state index is 10.8. The number of hydrogen-bond acceptors (Lipinski definition) is 4. The predicted molar refractivity (Wildman–Crippen MR) is 65.4 cm³/mol. The molecular formula is C9H18INO4. The summed E-state index contributed by atoms with van der Waals surface area (Å²) in [6.45, 7) is 3.38. The third-order valence-electron chi connectivity index (χ3n) is 1.49. The Morgan fingerprint density at radius 1 is 1.13 bits per heavy atom. The lowest BCUT2D eigenvalue weighted by atomic mass is 10.6. The van der Waals surface area contributed by atoms with Crippen LogP contribution in [-0.2, 0) is 19.0 Å². The summed E-state index contributed by atoms with van der Waals surface area (Å²) < 4.78 is 15.7. The lowest BCUT2D eigenvalue weighted by Gasteiger charge is -2.06. The fraction of sp³-hybridized carbons (Fsp3) is 0.889. The second kappa shape index (κ2) is 12.2. The third kappa shape index (κ3) is 12.0. The van der Waals surface area contributed by atoms with Gasteiger partial charge in [0.1, 0.15) is 0 Å². The molecule has 0 aromatic rings. The Morgan fingerprint density at radius 3 is 2.33 bits per heavy atom. The highest BCUT2D eigenvalue weighted by molar-refractivity contribution is 14.1. The Hall–Kier alpha value is 0.0800. The molecule has 0 fully saturated rings. The van der Waals surface area contributed by atoms with E-state index >= 15 is 0 Å². The number of carbonyl (C=O) groups excluding carboxylic acids is 1. The van der Waals surface area contributed by atoms with E-state index in [1.54, 1.807) is 7.11 Å². The molecule has 6 heteroatoms. The highest BCUT2D eigenvalue weighted by Crippen LogP contribution is 1.81. The van der Waals surface area contributed by atoms with E-state index in [2.05, 4.69) is 5.32 Å². The topological polar surface area (TPSA) is 56.8 Å². The zero-order valence-electron chi connectivity index (χ0n) is 8.96. The van der Waals surface area contributed by atoms with Crippen LogP contribution in [0.25, 0.3) is 0 Å². The number of methoxy groups -OCH3 is 1. The van der Waals surface area contributed by atoms with Gasteiger partial charge < -0.3 is 19.5 Å². The molecule has 15 heavy (non-hydrogen) atoms. The van der Waals surface area contributed by atoms with Gasteiger partial charge in [0.2, 0.25) is 5.91 Å². The minimum atomic E-state index is 0.0375. The quantitative estimate of drug-likeness (QED) is 0.353. The van der Waals surface area contributed by atoms with Crippen molar-refractivity contribution in [3.63, 3.8) is 0 Å². The largest absolute Gasteiger partial charge is 0.382 e. The van der Waals surface area contributed by atoms with Crippen LogP contribution < -0.4 is 5.32 Å². The smallest absolute Gasteiger partial charge is 0.229 e. The molecule has 0 spiro atoms. The van der Waals surface area contributed by atoms with Crippen molar-refractivity contribution in [2.45, 2.75) is 0 Å². The summed E-state index contributed by atoms with van der Waals surface area (Å²) >= 11 is 2.02. The van der Waals surface area contributed by atoms with Crippen LogP contribution >= 0.6 is 22.6 Å². The van der Waals surface area contributed by atoms with Crippen LogP contribution in [0.4, 0.5) is 0 Å². The van der Waals surface area contributed by atoms with Crippen LogP contribution in [0, 0.1) is 0 Å². The molecule has 0 unspecified atom stereocenters. The molecule has 0 saturated heterocycles. The van der Waals surface area contributed by atoms with Gasteiger partial charge in [-0.15, -0.1) is 0 Å². The first-order valence-corrected chi connectivity index (χ1v) is 6.31. The number of amides is 1. The van der Waals surface area contributed by atoms with Gasteiger partial charge in [-0.25, -0.2) is 0 Å². The minimum Gasteiger partial charge on any atom is -0.382 e. The number of halogens is 1. The van der Waals surface area contributed by atoms with E-state index in [-0.39, 0.29) is 5.91 Å². The van der Waals surface area contributed by atoms with E-state index < -0.39 is 0 Å². The predicted octanol–water partition coefficient (Wildman–Crippen LogP) is 0.217. The summed E-state index contributed by atoms with van der Waals surface area (Å²) in [6.07, 6.45) is 0. The normalized spacial score (nSPS) is 10.3. The van der Waals surface area contributed by atoms with E-state index in [4.69, 9.17) is 14.2 Å². The highest BCUT2D eigenvalue weighted by Gasteiger charge is 1.95. The third-order valence-corrected chi connectivity index (χ3v) is 2.19. The van der Waals surface area contributed by atoms with Gasteiger partial charge in [0.25, 0.3) is 0 Å². The number of ether oxygens (including phenoxy) is 3. The van der Waals surface area contributed by atoms with Crippen molar-refractivity contribution < 1.29 is 19.0 Å². The second-order valence-corrected chi connectivity index (χ2v) is 3.46. The average Bonchev–Trinajstić information content (AvgIpc) is 2.26. The molecule has 1 N–H and O–H groups in total. The lowest BCUT2D eigenvalue weighted by Crippen LogP contribution is -2.28. The lowest BCUT2D eigenvalue weighted by molar-refractivity contribution is -0.118. The minimum absolute atomic E-state index is 0.0375. The molecule has 0 aliphatic heterocycles. The van der Waals surface area contributed by atoms with E-state index in [9.17, 15) is 4.79 Å².